The van der Waals surface area contributed by atoms with Gasteiger partial charge in [-0.2, -0.15) is 0 Å². The van der Waals surface area contributed by atoms with Crippen LogP contribution in [0.15, 0.2) is 30.3 Å². The molecule has 2 aromatic rings. The minimum atomic E-state index is -1.19. The Kier molecular flexibility index (Phi) is 8.35. The fourth-order valence-corrected chi connectivity index (χ4v) is 6.27. The first-order valence-corrected chi connectivity index (χ1v) is 11.7. The first-order chi connectivity index (χ1) is 13.0. The molecule has 27 heavy (non-hydrogen) atoms. The molecule has 6 nitrogen and oxygen atoms in total. The molecule has 8 heteroatoms. The second kappa shape index (κ2) is 10.5. The summed E-state index contributed by atoms with van der Waals surface area (Å²) < 4.78 is 5.68. The van der Waals surface area contributed by atoms with Crippen LogP contribution in [0, 0.1) is 0 Å². The van der Waals surface area contributed by atoms with Gasteiger partial charge in [0.2, 0.25) is 0 Å². The molecule has 2 rings (SSSR count). The molecule has 3 N–H and O–H groups in total. The molecule has 1 aromatic heterocycles. The van der Waals surface area contributed by atoms with Gasteiger partial charge in [0.15, 0.2) is 0 Å². The van der Waals surface area contributed by atoms with Crippen molar-refractivity contribution < 1.29 is 14.3 Å². The molecule has 0 aliphatic heterocycles. The molecule has 0 bridgehead atoms. The molecule has 0 spiro atoms. The molecule has 0 saturated heterocycles. The number of methoxy groups -OCH3 is 1. The van der Waals surface area contributed by atoms with E-state index in [1.165, 1.54) is 11.3 Å². The number of nitrogens with one attached hydrogen (secondary N) is 1. The molecule has 0 fully saturated rings. The molecule has 2 amide bonds. The van der Waals surface area contributed by atoms with Crippen molar-refractivity contribution in [3.63, 3.8) is 0 Å². The summed E-state index contributed by atoms with van der Waals surface area (Å²) >= 11 is 0.282. The van der Waals surface area contributed by atoms with Crippen LogP contribution in [-0.4, -0.2) is 64.5 Å². The zero-order chi connectivity index (χ0) is 19.8. The van der Waals surface area contributed by atoms with Crippen LogP contribution in [0.5, 0.6) is 5.75 Å². The SMILES string of the molecule is CCN(CC)CCNC(=O)c1cc(-c2ccc(OC)cc2)sc1[AsH]C(N)=O. The number of carbonyl (C=O) groups excluding carboxylic acids is 2. The van der Waals surface area contributed by atoms with E-state index in [0.717, 1.165) is 39.5 Å². The second-order valence-corrected chi connectivity index (χ2v) is 10.3. The second-order valence-electron chi connectivity index (χ2n) is 5.85. The molecule has 0 aliphatic carbocycles. The van der Waals surface area contributed by atoms with Crippen molar-refractivity contribution in [2.24, 2.45) is 5.73 Å². The van der Waals surface area contributed by atoms with Crippen LogP contribution in [0.1, 0.15) is 24.2 Å². The summed E-state index contributed by atoms with van der Waals surface area (Å²) in [5, 5.41) is 2.97. The molecule has 146 valence electrons. The van der Waals surface area contributed by atoms with Crippen LogP contribution in [0.3, 0.4) is 0 Å². The summed E-state index contributed by atoms with van der Waals surface area (Å²) in [5.74, 6) is 0.633. The van der Waals surface area contributed by atoms with Gasteiger partial charge in [-0.3, -0.25) is 0 Å². The number of ether oxygens (including phenoxy) is 1. The van der Waals surface area contributed by atoms with Gasteiger partial charge >= 0.3 is 171 Å². The Balaban J connectivity index is 2.18. The Labute approximate surface area is 170 Å². The monoisotopic (exact) mass is 451 g/mol. The number of carbonyl (C=O) groups is 2. The maximum absolute atomic E-state index is 12.7. The first-order valence-electron chi connectivity index (χ1n) is 8.83. The normalized spacial score (nSPS) is 11.3. The summed E-state index contributed by atoms with van der Waals surface area (Å²) in [7, 11) is 1.62. The number of hydrogen-bond acceptors (Lipinski definition) is 5. The van der Waals surface area contributed by atoms with E-state index < -0.39 is 15.8 Å². The number of nitrogens with zero attached hydrogens (tertiary/aromatic N) is 1. The molecule has 1 atom stereocenters. The van der Waals surface area contributed by atoms with Gasteiger partial charge in [0, 0.05) is 0 Å². The van der Waals surface area contributed by atoms with Gasteiger partial charge in [0.25, 0.3) is 0 Å². The van der Waals surface area contributed by atoms with Gasteiger partial charge in [-0.25, -0.2) is 0 Å². The molecular formula is C19H26AsN3O3S. The molecule has 1 unspecified atom stereocenters. The van der Waals surface area contributed by atoms with Gasteiger partial charge in [-0.15, -0.1) is 0 Å². The Bertz CT molecular complexity index is 773. The molecule has 0 radical (unpaired) electrons. The van der Waals surface area contributed by atoms with Gasteiger partial charge in [0.1, 0.15) is 0 Å². The van der Waals surface area contributed by atoms with Crippen molar-refractivity contribution >= 4 is 41.4 Å². The van der Waals surface area contributed by atoms with Crippen molar-refractivity contribution in [3.8, 4) is 16.2 Å². The van der Waals surface area contributed by atoms with Crippen molar-refractivity contribution in [1.82, 2.24) is 10.2 Å². The van der Waals surface area contributed by atoms with E-state index in [4.69, 9.17) is 10.5 Å². The van der Waals surface area contributed by atoms with Crippen LogP contribution in [-0.2, 0) is 0 Å². The van der Waals surface area contributed by atoms with E-state index in [-0.39, 0.29) is 10.6 Å². The quantitative estimate of drug-likeness (QED) is 0.538. The van der Waals surface area contributed by atoms with E-state index in [2.05, 4.69) is 24.1 Å². The van der Waals surface area contributed by atoms with Gasteiger partial charge < -0.3 is 0 Å². The van der Waals surface area contributed by atoms with Crippen molar-refractivity contribution in [3.05, 3.63) is 35.9 Å². The summed E-state index contributed by atoms with van der Waals surface area (Å²) in [6, 6.07) is 9.51. The number of benzene rings is 1. The molecular weight excluding hydrogens is 425 g/mol. The third-order valence-corrected chi connectivity index (χ3v) is 7.92. The Morgan fingerprint density at radius 3 is 2.44 bits per heavy atom. The van der Waals surface area contributed by atoms with E-state index in [9.17, 15) is 9.59 Å². The minimum absolute atomic E-state index is 0.141. The van der Waals surface area contributed by atoms with Crippen molar-refractivity contribution in [2.75, 3.05) is 33.3 Å². The first kappa shape index (κ1) is 21.5. The van der Waals surface area contributed by atoms with Crippen LogP contribution >= 0.6 is 11.3 Å². The number of likely N-dealkylation sites (N-methyl/N-ethyl adjacent to an activating group) is 1. The topological polar surface area (TPSA) is 84.7 Å². The third-order valence-electron chi connectivity index (χ3n) is 4.20. The van der Waals surface area contributed by atoms with E-state index in [0.29, 0.717) is 12.1 Å². The molecule has 1 aromatic carbocycles. The maximum atomic E-state index is 12.7. The zero-order valence-electron chi connectivity index (χ0n) is 15.9. The summed E-state index contributed by atoms with van der Waals surface area (Å²) in [5.41, 5.74) is 6.98. The number of rotatable bonds is 10. The fraction of sp³-hybridized carbons (Fsp3) is 0.368. The number of hydrogen-bond donors (Lipinski definition) is 2. The molecule has 0 aliphatic rings. The van der Waals surface area contributed by atoms with E-state index >= 15 is 0 Å². The van der Waals surface area contributed by atoms with E-state index in [1.807, 2.05) is 30.3 Å². The average Bonchev–Trinajstić information content (AvgIpc) is 3.08. The predicted molar refractivity (Wildman–Crippen MR) is 113 cm³/mol. The van der Waals surface area contributed by atoms with Crippen LogP contribution in [0.4, 0.5) is 4.79 Å². The van der Waals surface area contributed by atoms with Crippen molar-refractivity contribution in [1.29, 1.82) is 0 Å². The Morgan fingerprint density at radius 2 is 1.89 bits per heavy atom. The summed E-state index contributed by atoms with van der Waals surface area (Å²) in [6.45, 7) is 7.47. The molecule has 0 saturated carbocycles. The third kappa shape index (κ3) is 6.09. The fourth-order valence-electron chi connectivity index (χ4n) is 2.62. The van der Waals surface area contributed by atoms with Crippen molar-refractivity contribution in [2.45, 2.75) is 13.8 Å². The summed E-state index contributed by atoms with van der Waals surface area (Å²) in [4.78, 5) is 27.4. The Hall–Kier alpha value is -1.82. The predicted octanol–water partition coefficient (Wildman–Crippen LogP) is 1.64. The molecule has 1 heterocycles. The van der Waals surface area contributed by atoms with Gasteiger partial charge in [-0.05, 0) is 0 Å². The van der Waals surface area contributed by atoms with Gasteiger partial charge in [-0.1, -0.05) is 0 Å². The average molecular weight is 451 g/mol. The number of amides is 2. The number of thiophene rings is 1. The van der Waals surface area contributed by atoms with E-state index in [1.54, 1.807) is 7.11 Å². The van der Waals surface area contributed by atoms with Gasteiger partial charge in [0.05, 0.1) is 0 Å². The number of primary amides is 1. The standard InChI is InChI=1S/C19H26AsN3O3S/c1-4-23(5-2)11-10-22-18(24)15-12-16(27-17(15)20-19(21)25)13-6-8-14(26-3)9-7-13/h6-9,12,20H,4-5,10-11H2,1-3H3,(H2,21,25)(H,22,24). The number of nitrogens with two attached hydrogens (primary N) is 1. The van der Waals surface area contributed by atoms with Crippen LogP contribution < -0.4 is 19.5 Å². The summed E-state index contributed by atoms with van der Waals surface area (Å²) in [6.07, 6.45) is 0. The zero-order valence-corrected chi connectivity index (χ0v) is 18.8. The Morgan fingerprint density at radius 1 is 1.22 bits per heavy atom. The van der Waals surface area contributed by atoms with Crippen LogP contribution in [0.2, 0.25) is 0 Å². The van der Waals surface area contributed by atoms with Crippen LogP contribution in [0.25, 0.3) is 10.4 Å².